The summed E-state index contributed by atoms with van der Waals surface area (Å²) in [5, 5.41) is 4.75. The van der Waals surface area contributed by atoms with Gasteiger partial charge in [0.2, 0.25) is 0 Å². The van der Waals surface area contributed by atoms with Crippen molar-refractivity contribution < 1.29 is 14.3 Å². The van der Waals surface area contributed by atoms with Crippen molar-refractivity contribution in [2.75, 3.05) is 25.7 Å². The molecule has 0 atom stereocenters. The van der Waals surface area contributed by atoms with E-state index in [9.17, 15) is 4.79 Å². The van der Waals surface area contributed by atoms with Crippen molar-refractivity contribution in [1.29, 1.82) is 0 Å². The summed E-state index contributed by atoms with van der Waals surface area (Å²) >= 11 is 6.31. The van der Waals surface area contributed by atoms with Gasteiger partial charge in [0.05, 0.1) is 42.2 Å². The number of carbonyl (C=O) groups is 1. The van der Waals surface area contributed by atoms with Crippen LogP contribution in [-0.4, -0.2) is 36.3 Å². The second kappa shape index (κ2) is 6.53. The predicted molar refractivity (Wildman–Crippen MR) is 99.7 cm³/mol. The molecule has 3 aromatic rings. The van der Waals surface area contributed by atoms with E-state index in [0.717, 1.165) is 29.8 Å². The molecule has 3 heterocycles. The van der Waals surface area contributed by atoms with E-state index in [1.54, 1.807) is 48.2 Å². The number of nitrogens with zero attached hydrogens (tertiary/aromatic N) is 3. The number of hydrogen-bond acceptors (Lipinski definition) is 4. The molecule has 0 N–H and O–H groups in total. The highest BCUT2D eigenvalue weighted by Gasteiger charge is 2.29. The maximum Gasteiger partial charge on any atom is 0.262 e. The van der Waals surface area contributed by atoms with Gasteiger partial charge in [-0.3, -0.25) is 4.79 Å². The Morgan fingerprint density at radius 1 is 1.27 bits per heavy atom. The SMILES string of the molecule is COc1cc(OC)c2c(c1)N(C(=O)c1cnn3cccc(Cl)c13)CCC2. The first-order valence-corrected chi connectivity index (χ1v) is 8.70. The standard InChI is InChI=1S/C19H18ClN3O3/c1-25-12-9-16-13(17(10-12)26-2)5-3-7-22(16)19(24)14-11-21-23-8-4-6-15(20)18(14)23/h4,6,8-11H,3,5,7H2,1-2H3. The van der Waals surface area contributed by atoms with E-state index in [2.05, 4.69) is 5.10 Å². The van der Waals surface area contributed by atoms with Crippen molar-refractivity contribution in [3.05, 3.63) is 52.8 Å². The molecular weight excluding hydrogens is 354 g/mol. The highest BCUT2D eigenvalue weighted by Crippen LogP contribution is 2.39. The van der Waals surface area contributed by atoms with Crippen LogP contribution in [0.25, 0.3) is 5.52 Å². The van der Waals surface area contributed by atoms with E-state index < -0.39 is 0 Å². The Morgan fingerprint density at radius 3 is 2.88 bits per heavy atom. The zero-order valence-corrected chi connectivity index (χ0v) is 15.3. The lowest BCUT2D eigenvalue weighted by atomic mass is 9.99. The summed E-state index contributed by atoms with van der Waals surface area (Å²) in [6, 6.07) is 7.27. The summed E-state index contributed by atoms with van der Waals surface area (Å²) in [6.07, 6.45) is 5.04. The molecule has 0 saturated heterocycles. The number of ether oxygens (including phenoxy) is 2. The average molecular weight is 372 g/mol. The third-order valence-corrected chi connectivity index (χ3v) is 4.99. The quantitative estimate of drug-likeness (QED) is 0.706. The number of aromatic nitrogens is 2. The van der Waals surface area contributed by atoms with Gasteiger partial charge in [-0.25, -0.2) is 4.52 Å². The van der Waals surface area contributed by atoms with Crippen LogP contribution in [0.1, 0.15) is 22.3 Å². The van der Waals surface area contributed by atoms with Crippen LogP contribution >= 0.6 is 11.6 Å². The topological polar surface area (TPSA) is 56.1 Å². The van der Waals surface area contributed by atoms with Crippen LogP contribution in [0.15, 0.2) is 36.7 Å². The normalized spacial score (nSPS) is 13.6. The summed E-state index contributed by atoms with van der Waals surface area (Å²) in [5.74, 6) is 1.25. The number of carbonyl (C=O) groups excluding carboxylic acids is 1. The number of halogens is 1. The van der Waals surface area contributed by atoms with E-state index in [-0.39, 0.29) is 5.91 Å². The minimum absolute atomic E-state index is 0.135. The zero-order valence-electron chi connectivity index (χ0n) is 14.5. The van der Waals surface area contributed by atoms with Crippen molar-refractivity contribution in [1.82, 2.24) is 9.61 Å². The molecule has 1 amide bonds. The second-order valence-corrected chi connectivity index (χ2v) is 6.50. The van der Waals surface area contributed by atoms with Crippen LogP contribution in [0.3, 0.4) is 0 Å². The minimum Gasteiger partial charge on any atom is -0.497 e. The molecule has 0 aliphatic carbocycles. The molecule has 0 radical (unpaired) electrons. The molecule has 2 aromatic heterocycles. The molecule has 4 rings (SSSR count). The van der Waals surface area contributed by atoms with Crippen LogP contribution < -0.4 is 14.4 Å². The Morgan fingerprint density at radius 2 is 2.12 bits per heavy atom. The first-order chi connectivity index (χ1) is 12.6. The number of pyridine rings is 1. The molecule has 0 bridgehead atoms. The van der Waals surface area contributed by atoms with Crippen LogP contribution in [0, 0.1) is 0 Å². The number of anilines is 1. The van der Waals surface area contributed by atoms with Gasteiger partial charge in [0, 0.05) is 30.4 Å². The lowest BCUT2D eigenvalue weighted by Crippen LogP contribution is -2.35. The third-order valence-electron chi connectivity index (χ3n) is 4.68. The number of hydrogen-bond donors (Lipinski definition) is 0. The molecule has 7 heteroatoms. The fourth-order valence-electron chi connectivity index (χ4n) is 3.45. The summed E-state index contributed by atoms with van der Waals surface area (Å²) in [5.41, 5.74) is 2.91. The number of fused-ring (bicyclic) bond motifs is 2. The van der Waals surface area contributed by atoms with Gasteiger partial charge in [-0.15, -0.1) is 0 Å². The van der Waals surface area contributed by atoms with Gasteiger partial charge in [-0.1, -0.05) is 11.6 Å². The van der Waals surface area contributed by atoms with Gasteiger partial charge in [-0.2, -0.15) is 5.10 Å². The van der Waals surface area contributed by atoms with Crippen LogP contribution in [-0.2, 0) is 6.42 Å². The fraction of sp³-hybridized carbons (Fsp3) is 0.263. The lowest BCUT2D eigenvalue weighted by Gasteiger charge is -2.30. The predicted octanol–water partition coefficient (Wildman–Crippen LogP) is 3.60. The molecule has 0 fully saturated rings. The number of benzene rings is 1. The Labute approximate surface area is 155 Å². The summed E-state index contributed by atoms with van der Waals surface area (Å²) in [6.45, 7) is 0.615. The van der Waals surface area contributed by atoms with Crippen molar-refractivity contribution in [2.24, 2.45) is 0 Å². The highest BCUT2D eigenvalue weighted by molar-refractivity contribution is 6.35. The van der Waals surface area contributed by atoms with Gasteiger partial charge in [0.1, 0.15) is 11.5 Å². The van der Waals surface area contributed by atoms with Crippen molar-refractivity contribution in [2.45, 2.75) is 12.8 Å². The van der Waals surface area contributed by atoms with Gasteiger partial charge in [0.25, 0.3) is 5.91 Å². The Hall–Kier alpha value is -2.73. The van der Waals surface area contributed by atoms with E-state index in [1.807, 2.05) is 12.1 Å². The molecule has 1 aromatic carbocycles. The molecule has 1 aliphatic rings. The van der Waals surface area contributed by atoms with Gasteiger partial charge in [0.15, 0.2) is 0 Å². The lowest BCUT2D eigenvalue weighted by molar-refractivity contribution is 0.0986. The maximum absolute atomic E-state index is 13.3. The first kappa shape index (κ1) is 16.7. The first-order valence-electron chi connectivity index (χ1n) is 8.32. The molecule has 0 unspecified atom stereocenters. The Bertz CT molecular complexity index is 999. The Kier molecular flexibility index (Phi) is 4.20. The maximum atomic E-state index is 13.3. The summed E-state index contributed by atoms with van der Waals surface area (Å²) in [4.78, 5) is 15.1. The van der Waals surface area contributed by atoms with Crippen molar-refractivity contribution in [3.8, 4) is 11.5 Å². The number of rotatable bonds is 3. The summed E-state index contributed by atoms with van der Waals surface area (Å²) < 4.78 is 12.5. The second-order valence-electron chi connectivity index (χ2n) is 6.10. The average Bonchev–Trinajstić information content (AvgIpc) is 3.11. The minimum atomic E-state index is -0.135. The van der Waals surface area contributed by atoms with Gasteiger partial charge in [-0.05, 0) is 25.0 Å². The number of methoxy groups -OCH3 is 2. The van der Waals surface area contributed by atoms with Crippen LogP contribution in [0.4, 0.5) is 5.69 Å². The van der Waals surface area contributed by atoms with E-state index in [0.29, 0.717) is 28.4 Å². The van der Waals surface area contributed by atoms with Gasteiger partial charge < -0.3 is 14.4 Å². The van der Waals surface area contributed by atoms with E-state index >= 15 is 0 Å². The van der Waals surface area contributed by atoms with Crippen LogP contribution in [0.2, 0.25) is 5.02 Å². The monoisotopic (exact) mass is 371 g/mol. The molecular formula is C19H18ClN3O3. The molecule has 0 spiro atoms. The number of amides is 1. The summed E-state index contributed by atoms with van der Waals surface area (Å²) in [7, 11) is 3.22. The third kappa shape index (κ3) is 2.57. The fourth-order valence-corrected chi connectivity index (χ4v) is 3.71. The smallest absolute Gasteiger partial charge is 0.262 e. The molecule has 134 valence electrons. The van der Waals surface area contributed by atoms with Crippen LogP contribution in [0.5, 0.6) is 11.5 Å². The molecule has 6 nitrogen and oxygen atoms in total. The van der Waals surface area contributed by atoms with E-state index in [1.165, 1.54) is 0 Å². The van der Waals surface area contributed by atoms with Crippen molar-refractivity contribution in [3.63, 3.8) is 0 Å². The molecule has 26 heavy (non-hydrogen) atoms. The highest BCUT2D eigenvalue weighted by atomic mass is 35.5. The Balaban J connectivity index is 1.84. The largest absolute Gasteiger partial charge is 0.497 e. The van der Waals surface area contributed by atoms with Gasteiger partial charge >= 0.3 is 0 Å². The molecule has 1 aliphatic heterocycles. The van der Waals surface area contributed by atoms with E-state index in [4.69, 9.17) is 21.1 Å². The zero-order chi connectivity index (χ0) is 18.3. The van der Waals surface area contributed by atoms with Crippen molar-refractivity contribution >= 4 is 28.7 Å². The molecule has 0 saturated carbocycles.